The molecule has 0 radical (unpaired) electrons. The second-order valence-corrected chi connectivity index (χ2v) is 13.3. The molecule has 4 amide bonds. The quantitative estimate of drug-likeness (QED) is 0.274. The van der Waals surface area contributed by atoms with Crippen molar-refractivity contribution < 1.29 is 38.6 Å². The number of aliphatic carboxylic acids is 1. The van der Waals surface area contributed by atoms with E-state index in [0.29, 0.717) is 50.0 Å². The van der Waals surface area contributed by atoms with Crippen LogP contribution in [0.1, 0.15) is 60.8 Å². The molecule has 0 aromatic carbocycles. The highest BCUT2D eigenvalue weighted by molar-refractivity contribution is 6.02. The number of alkyl carbamates (subject to hydrolysis) is 1. The summed E-state index contributed by atoms with van der Waals surface area (Å²) in [4.78, 5) is 68.6. The molecular formula is C30H42N4O8. The summed E-state index contributed by atoms with van der Waals surface area (Å²) in [5.41, 5.74) is -0.417. The van der Waals surface area contributed by atoms with Crippen molar-refractivity contribution in [3.8, 4) is 0 Å². The van der Waals surface area contributed by atoms with Gasteiger partial charge in [-0.15, -0.1) is 0 Å². The van der Waals surface area contributed by atoms with E-state index in [1.54, 1.807) is 36.6 Å². The van der Waals surface area contributed by atoms with Crippen molar-refractivity contribution in [1.29, 1.82) is 0 Å². The van der Waals surface area contributed by atoms with Crippen LogP contribution in [0.2, 0.25) is 0 Å². The van der Waals surface area contributed by atoms with Crippen molar-refractivity contribution in [3.05, 3.63) is 35.6 Å². The van der Waals surface area contributed by atoms with Gasteiger partial charge < -0.3 is 29.7 Å². The van der Waals surface area contributed by atoms with Gasteiger partial charge in [-0.05, 0) is 63.0 Å². The van der Waals surface area contributed by atoms with E-state index in [9.17, 15) is 29.1 Å². The van der Waals surface area contributed by atoms with Crippen LogP contribution in [0.15, 0.2) is 35.6 Å². The Labute approximate surface area is 246 Å². The van der Waals surface area contributed by atoms with E-state index in [4.69, 9.17) is 9.47 Å². The number of nitrogens with one attached hydrogen (secondary N) is 1. The molecule has 4 aliphatic heterocycles. The van der Waals surface area contributed by atoms with Crippen LogP contribution in [0, 0.1) is 11.3 Å². The Morgan fingerprint density at radius 2 is 1.81 bits per heavy atom. The van der Waals surface area contributed by atoms with Crippen LogP contribution >= 0.6 is 0 Å². The molecule has 0 aromatic heterocycles. The van der Waals surface area contributed by atoms with Crippen molar-refractivity contribution in [2.45, 2.75) is 84.5 Å². The van der Waals surface area contributed by atoms with Crippen LogP contribution < -0.4 is 5.32 Å². The molecule has 4 rings (SSSR count). The molecule has 4 aliphatic rings. The Hall–Kier alpha value is -3.83. The molecule has 3 saturated heterocycles. The maximum atomic E-state index is 13.6. The molecule has 12 nitrogen and oxygen atoms in total. The number of carboxylic acid groups (broad SMARTS) is 1. The average molecular weight is 587 g/mol. The Balaban J connectivity index is 1.59. The number of likely N-dealkylation sites (tertiary alicyclic amines) is 2. The summed E-state index contributed by atoms with van der Waals surface area (Å²) in [6.45, 7) is 16.1. The third kappa shape index (κ3) is 6.17. The number of carboxylic acids is 1. The lowest BCUT2D eigenvalue weighted by Crippen LogP contribution is -2.72. The number of carbonyl (C=O) groups is 5. The van der Waals surface area contributed by atoms with Crippen LogP contribution in [-0.2, 0) is 23.9 Å². The highest BCUT2D eigenvalue weighted by atomic mass is 16.6. The molecule has 3 fully saturated rings. The van der Waals surface area contributed by atoms with Gasteiger partial charge in [0, 0.05) is 25.2 Å². The minimum atomic E-state index is -1.27. The normalized spacial score (nSPS) is 27.2. The Bertz CT molecular complexity index is 1240. The van der Waals surface area contributed by atoms with Crippen LogP contribution in [0.25, 0.3) is 0 Å². The van der Waals surface area contributed by atoms with E-state index in [0.717, 1.165) is 0 Å². The SMILES string of the molecule is C=CCOC(=O)N1CC[C@@H](N2CCC(=CC3=C(C(=O)O)N4C(=O)[C@@H](NC(=O)OC(C)(C)C)[C@H]4CC3C(C)(C)C)C2=O)C1. The van der Waals surface area contributed by atoms with Crippen molar-refractivity contribution in [2.75, 3.05) is 26.2 Å². The number of nitrogens with zero attached hydrogens (tertiary/aromatic N) is 3. The van der Waals surface area contributed by atoms with Gasteiger partial charge in [0.2, 0.25) is 5.91 Å². The number of rotatable bonds is 6. The molecule has 0 spiro atoms. The second kappa shape index (κ2) is 11.4. The lowest BCUT2D eigenvalue weighted by atomic mass is 9.66. The fourth-order valence-corrected chi connectivity index (χ4v) is 6.23. The zero-order valence-corrected chi connectivity index (χ0v) is 25.3. The van der Waals surface area contributed by atoms with Crippen LogP contribution in [-0.4, -0.2) is 99.7 Å². The number of amides is 4. The monoisotopic (exact) mass is 586 g/mol. The first kappa shape index (κ1) is 31.1. The predicted molar refractivity (Wildman–Crippen MR) is 152 cm³/mol. The van der Waals surface area contributed by atoms with Gasteiger partial charge in [0.1, 0.15) is 23.9 Å². The molecule has 0 bridgehead atoms. The number of β-lactam (4-membered cyclic amide) rings is 1. The molecule has 4 heterocycles. The first-order valence-corrected chi connectivity index (χ1v) is 14.4. The van der Waals surface area contributed by atoms with Crippen molar-refractivity contribution in [3.63, 3.8) is 0 Å². The number of carbonyl (C=O) groups excluding carboxylic acids is 4. The standard InChI is InChI=1S/C30H42N4O8/c1-8-13-41-28(40)32-11-10-18(16-32)33-12-9-17(24(33)35)14-19-20(29(2,3)4)15-21-22(31-27(39)42-30(5,6)7)25(36)34(21)23(19)26(37)38/h8,14,18,20-22H,1,9-13,15-16H2,2-7H3,(H,31,39)(H,37,38)/t18-,20?,21-,22+/m1/s1. The fourth-order valence-electron chi connectivity index (χ4n) is 6.23. The van der Waals surface area contributed by atoms with E-state index in [-0.39, 0.29) is 30.2 Å². The summed E-state index contributed by atoms with van der Waals surface area (Å²) in [5.74, 6) is -2.30. The molecule has 0 saturated carbocycles. The van der Waals surface area contributed by atoms with Crippen LogP contribution in [0.5, 0.6) is 0 Å². The number of hydrogen-bond donors (Lipinski definition) is 2. The largest absolute Gasteiger partial charge is 0.477 e. The molecule has 1 unspecified atom stereocenters. The van der Waals surface area contributed by atoms with E-state index >= 15 is 0 Å². The molecule has 230 valence electrons. The summed E-state index contributed by atoms with van der Waals surface area (Å²) in [6.07, 6.45) is 3.42. The molecule has 12 heteroatoms. The molecule has 0 aromatic rings. The Morgan fingerprint density at radius 3 is 2.40 bits per heavy atom. The smallest absolute Gasteiger partial charge is 0.410 e. The number of fused-ring (bicyclic) bond motifs is 1. The minimum Gasteiger partial charge on any atom is -0.477 e. The van der Waals surface area contributed by atoms with Gasteiger partial charge in [-0.1, -0.05) is 33.4 Å². The topological polar surface area (TPSA) is 146 Å². The number of hydrogen-bond acceptors (Lipinski definition) is 7. The predicted octanol–water partition coefficient (Wildman–Crippen LogP) is 3.05. The van der Waals surface area contributed by atoms with Crippen molar-refractivity contribution >= 4 is 30.0 Å². The lowest BCUT2D eigenvalue weighted by molar-refractivity contribution is -0.155. The first-order chi connectivity index (χ1) is 19.5. The minimum absolute atomic E-state index is 0.115. The lowest BCUT2D eigenvalue weighted by Gasteiger charge is -2.53. The maximum absolute atomic E-state index is 13.6. The van der Waals surface area contributed by atoms with E-state index in [1.165, 1.54) is 11.0 Å². The Kier molecular flexibility index (Phi) is 8.48. The van der Waals surface area contributed by atoms with Crippen molar-refractivity contribution in [2.24, 2.45) is 11.3 Å². The van der Waals surface area contributed by atoms with E-state index < -0.39 is 47.2 Å². The van der Waals surface area contributed by atoms with E-state index in [1.807, 2.05) is 20.8 Å². The molecular weight excluding hydrogens is 544 g/mol. The van der Waals surface area contributed by atoms with Crippen LogP contribution in [0.4, 0.5) is 9.59 Å². The summed E-state index contributed by atoms with van der Waals surface area (Å²) in [7, 11) is 0. The molecule has 2 N–H and O–H groups in total. The van der Waals surface area contributed by atoms with Gasteiger partial charge in [0.15, 0.2) is 0 Å². The second-order valence-electron chi connectivity index (χ2n) is 13.3. The third-order valence-corrected chi connectivity index (χ3v) is 8.18. The van der Waals surface area contributed by atoms with Gasteiger partial charge in [0.05, 0.1) is 12.1 Å². The summed E-state index contributed by atoms with van der Waals surface area (Å²) in [5, 5.41) is 12.9. The maximum Gasteiger partial charge on any atom is 0.410 e. The van der Waals surface area contributed by atoms with Gasteiger partial charge in [-0.3, -0.25) is 14.5 Å². The van der Waals surface area contributed by atoms with Gasteiger partial charge in [-0.25, -0.2) is 14.4 Å². The highest BCUT2D eigenvalue weighted by Gasteiger charge is 2.57. The molecule has 42 heavy (non-hydrogen) atoms. The summed E-state index contributed by atoms with van der Waals surface area (Å²) in [6, 6.07) is -1.62. The van der Waals surface area contributed by atoms with E-state index in [2.05, 4.69) is 11.9 Å². The average Bonchev–Trinajstić information content (AvgIpc) is 3.50. The first-order valence-electron chi connectivity index (χ1n) is 14.4. The zero-order valence-electron chi connectivity index (χ0n) is 25.3. The zero-order chi connectivity index (χ0) is 31.1. The van der Waals surface area contributed by atoms with Gasteiger partial charge in [0.25, 0.3) is 5.91 Å². The number of allylic oxidation sites excluding steroid dienone is 2. The van der Waals surface area contributed by atoms with Crippen molar-refractivity contribution in [1.82, 2.24) is 20.0 Å². The summed E-state index contributed by atoms with van der Waals surface area (Å²) >= 11 is 0. The Morgan fingerprint density at radius 1 is 1.12 bits per heavy atom. The highest BCUT2D eigenvalue weighted by Crippen LogP contribution is 2.48. The van der Waals surface area contributed by atoms with Crippen LogP contribution in [0.3, 0.4) is 0 Å². The van der Waals surface area contributed by atoms with Gasteiger partial charge >= 0.3 is 18.2 Å². The molecule has 0 aliphatic carbocycles. The van der Waals surface area contributed by atoms with Gasteiger partial charge in [-0.2, -0.15) is 0 Å². The fraction of sp³-hybridized carbons (Fsp3) is 0.633. The summed E-state index contributed by atoms with van der Waals surface area (Å²) < 4.78 is 10.4. The third-order valence-electron chi connectivity index (χ3n) is 8.18. The number of ether oxygens (including phenoxy) is 2. The molecule has 4 atom stereocenters.